The van der Waals surface area contributed by atoms with Crippen LogP contribution in [0.1, 0.15) is 47.3 Å². The molecule has 0 spiro atoms. The Kier molecular flexibility index (Phi) is 5.44. The van der Waals surface area contributed by atoms with Gasteiger partial charge in [-0.3, -0.25) is 4.79 Å². The maximum atomic E-state index is 12.3. The molecule has 0 fully saturated rings. The number of amides is 1. The first kappa shape index (κ1) is 19.5. The lowest BCUT2D eigenvalue weighted by Crippen LogP contribution is -2.17. The van der Waals surface area contributed by atoms with Crippen molar-refractivity contribution < 1.29 is 14.3 Å². The smallest absolute Gasteiger partial charge is 0.343 e. The molecule has 0 aliphatic heterocycles. The van der Waals surface area contributed by atoms with E-state index in [1.807, 2.05) is 19.9 Å². The molecular weight excluding hydrogens is 356 g/mol. The van der Waals surface area contributed by atoms with E-state index >= 15 is 0 Å². The molecule has 0 radical (unpaired) electrons. The number of nitrogens with zero attached hydrogens (tertiary/aromatic N) is 3. The number of benzene rings is 1. The SMILES string of the molecule is CCOC(=O)c1cnn(-c2cc(C)c3cc(C)cc(C)c3n2)c1NC(=O)CC. The molecule has 1 amide bonds. The van der Waals surface area contributed by atoms with Crippen molar-refractivity contribution in [1.82, 2.24) is 14.8 Å². The summed E-state index contributed by atoms with van der Waals surface area (Å²) in [6, 6.07) is 6.07. The monoisotopic (exact) mass is 380 g/mol. The number of aromatic nitrogens is 3. The van der Waals surface area contributed by atoms with Crippen LogP contribution in [0.3, 0.4) is 0 Å². The highest BCUT2D eigenvalue weighted by atomic mass is 16.5. The Labute approximate surface area is 163 Å². The van der Waals surface area contributed by atoms with Gasteiger partial charge in [0.2, 0.25) is 5.91 Å². The molecular formula is C21H24N4O3. The van der Waals surface area contributed by atoms with Gasteiger partial charge in [0.15, 0.2) is 11.6 Å². The van der Waals surface area contributed by atoms with Crippen molar-refractivity contribution in [3.63, 3.8) is 0 Å². The topological polar surface area (TPSA) is 86.1 Å². The number of carbonyl (C=O) groups is 2. The number of fused-ring (bicyclic) bond motifs is 1. The van der Waals surface area contributed by atoms with Crippen LogP contribution in [0.15, 0.2) is 24.4 Å². The van der Waals surface area contributed by atoms with Crippen molar-refractivity contribution in [3.05, 3.63) is 46.6 Å². The van der Waals surface area contributed by atoms with E-state index in [0.29, 0.717) is 5.82 Å². The number of pyridine rings is 1. The normalized spacial score (nSPS) is 10.9. The molecule has 1 aromatic carbocycles. The fourth-order valence-corrected chi connectivity index (χ4v) is 3.16. The van der Waals surface area contributed by atoms with Gasteiger partial charge in [-0.15, -0.1) is 0 Å². The lowest BCUT2D eigenvalue weighted by molar-refractivity contribution is -0.115. The number of nitrogens with one attached hydrogen (secondary N) is 1. The van der Waals surface area contributed by atoms with Crippen LogP contribution in [-0.4, -0.2) is 33.2 Å². The standard InChI is InChI=1S/C21H24N4O3/c1-6-18(26)24-20-16(21(27)28-7-2)11-22-25(20)17-10-13(4)15-9-12(3)8-14(5)19(15)23-17/h8-11H,6-7H2,1-5H3,(H,24,26). The summed E-state index contributed by atoms with van der Waals surface area (Å²) in [5.41, 5.74) is 4.32. The number of esters is 1. The fraction of sp³-hybridized carbons (Fsp3) is 0.333. The summed E-state index contributed by atoms with van der Waals surface area (Å²) in [4.78, 5) is 29.1. The third kappa shape index (κ3) is 3.60. The Bertz CT molecular complexity index is 1070. The molecule has 0 unspecified atom stereocenters. The Morgan fingerprint density at radius 2 is 1.86 bits per heavy atom. The summed E-state index contributed by atoms with van der Waals surface area (Å²) in [5, 5.41) is 8.14. The van der Waals surface area contributed by atoms with Crippen LogP contribution < -0.4 is 5.32 Å². The van der Waals surface area contributed by atoms with Crippen molar-refractivity contribution >= 4 is 28.6 Å². The predicted molar refractivity (Wildman–Crippen MR) is 108 cm³/mol. The minimum absolute atomic E-state index is 0.198. The van der Waals surface area contributed by atoms with Crippen LogP contribution in [0.4, 0.5) is 5.82 Å². The molecule has 0 aliphatic rings. The largest absolute Gasteiger partial charge is 0.462 e. The first-order valence-corrected chi connectivity index (χ1v) is 9.29. The summed E-state index contributed by atoms with van der Waals surface area (Å²) in [6.07, 6.45) is 1.67. The molecule has 146 valence electrons. The lowest BCUT2D eigenvalue weighted by Gasteiger charge is -2.13. The van der Waals surface area contributed by atoms with E-state index in [-0.39, 0.29) is 30.3 Å². The highest BCUT2D eigenvalue weighted by Gasteiger charge is 2.22. The molecule has 7 heteroatoms. The molecule has 7 nitrogen and oxygen atoms in total. The molecule has 0 saturated carbocycles. The molecule has 3 aromatic rings. The quantitative estimate of drug-likeness (QED) is 0.679. The molecule has 0 saturated heterocycles. The number of anilines is 1. The molecule has 0 aliphatic carbocycles. The van der Waals surface area contributed by atoms with E-state index in [0.717, 1.165) is 22.0 Å². The number of hydrogen-bond donors (Lipinski definition) is 1. The van der Waals surface area contributed by atoms with Gasteiger partial charge >= 0.3 is 5.97 Å². The Hall–Kier alpha value is -3.22. The van der Waals surface area contributed by atoms with Crippen LogP contribution >= 0.6 is 0 Å². The number of aryl methyl sites for hydroxylation is 3. The molecule has 2 aromatic heterocycles. The van der Waals surface area contributed by atoms with E-state index in [1.165, 1.54) is 16.4 Å². The second-order valence-electron chi connectivity index (χ2n) is 6.72. The highest BCUT2D eigenvalue weighted by Crippen LogP contribution is 2.27. The number of carbonyl (C=O) groups excluding carboxylic acids is 2. The van der Waals surface area contributed by atoms with Crippen LogP contribution in [0.25, 0.3) is 16.7 Å². The average molecular weight is 380 g/mol. The minimum Gasteiger partial charge on any atom is -0.462 e. The van der Waals surface area contributed by atoms with Crippen molar-refractivity contribution in [2.45, 2.75) is 41.0 Å². The van der Waals surface area contributed by atoms with Crippen molar-refractivity contribution in [3.8, 4) is 5.82 Å². The van der Waals surface area contributed by atoms with Crippen LogP contribution in [0.2, 0.25) is 0 Å². The average Bonchev–Trinajstić information content (AvgIpc) is 3.06. The van der Waals surface area contributed by atoms with Crippen molar-refractivity contribution in [2.75, 3.05) is 11.9 Å². The number of ether oxygens (including phenoxy) is 1. The summed E-state index contributed by atoms with van der Waals surface area (Å²) >= 11 is 0. The number of rotatable bonds is 5. The predicted octanol–water partition coefficient (Wildman–Crippen LogP) is 3.87. The van der Waals surface area contributed by atoms with Gasteiger partial charge in [0.1, 0.15) is 5.56 Å². The summed E-state index contributed by atoms with van der Waals surface area (Å²) in [6.45, 7) is 9.77. The van der Waals surface area contributed by atoms with Gasteiger partial charge < -0.3 is 10.1 Å². The summed E-state index contributed by atoms with van der Waals surface area (Å²) < 4.78 is 6.57. The summed E-state index contributed by atoms with van der Waals surface area (Å²) in [7, 11) is 0. The first-order valence-electron chi connectivity index (χ1n) is 9.29. The third-order valence-electron chi connectivity index (χ3n) is 4.50. The van der Waals surface area contributed by atoms with Gasteiger partial charge in [0.25, 0.3) is 0 Å². The van der Waals surface area contributed by atoms with Crippen LogP contribution in [0, 0.1) is 20.8 Å². The van der Waals surface area contributed by atoms with Crippen LogP contribution in [-0.2, 0) is 9.53 Å². The van der Waals surface area contributed by atoms with Gasteiger partial charge in [-0.05, 0) is 51.0 Å². The maximum absolute atomic E-state index is 12.3. The molecule has 1 N–H and O–H groups in total. The molecule has 28 heavy (non-hydrogen) atoms. The third-order valence-corrected chi connectivity index (χ3v) is 4.50. The van der Waals surface area contributed by atoms with Gasteiger partial charge in [0, 0.05) is 11.8 Å². The molecule has 2 heterocycles. The second-order valence-corrected chi connectivity index (χ2v) is 6.72. The zero-order valence-corrected chi connectivity index (χ0v) is 16.8. The van der Waals surface area contributed by atoms with Crippen LogP contribution in [0.5, 0.6) is 0 Å². The highest BCUT2D eigenvalue weighted by molar-refractivity contribution is 6.00. The van der Waals surface area contributed by atoms with Gasteiger partial charge in [0.05, 0.1) is 18.3 Å². The first-order chi connectivity index (χ1) is 13.3. The van der Waals surface area contributed by atoms with Gasteiger partial charge in [-0.25, -0.2) is 9.78 Å². The van der Waals surface area contributed by atoms with E-state index in [4.69, 9.17) is 9.72 Å². The minimum atomic E-state index is -0.538. The van der Waals surface area contributed by atoms with E-state index < -0.39 is 5.97 Å². The zero-order chi connectivity index (χ0) is 20.4. The van der Waals surface area contributed by atoms with Gasteiger partial charge in [-0.1, -0.05) is 18.6 Å². The zero-order valence-electron chi connectivity index (χ0n) is 16.8. The lowest BCUT2D eigenvalue weighted by atomic mass is 10.0. The van der Waals surface area contributed by atoms with Crippen molar-refractivity contribution in [2.24, 2.45) is 0 Å². The maximum Gasteiger partial charge on any atom is 0.343 e. The van der Waals surface area contributed by atoms with Gasteiger partial charge in [-0.2, -0.15) is 9.78 Å². The molecule has 0 atom stereocenters. The Morgan fingerprint density at radius 3 is 2.54 bits per heavy atom. The van der Waals surface area contributed by atoms with E-state index in [1.54, 1.807) is 13.8 Å². The molecule has 3 rings (SSSR count). The molecule has 0 bridgehead atoms. The Balaban J connectivity index is 2.20. The fourth-order valence-electron chi connectivity index (χ4n) is 3.16. The van der Waals surface area contributed by atoms with E-state index in [9.17, 15) is 9.59 Å². The van der Waals surface area contributed by atoms with E-state index in [2.05, 4.69) is 29.5 Å². The van der Waals surface area contributed by atoms with Crippen molar-refractivity contribution in [1.29, 1.82) is 0 Å². The summed E-state index contributed by atoms with van der Waals surface area (Å²) in [5.74, 6) is 0.0290. The number of hydrogen-bond acceptors (Lipinski definition) is 5. The second kappa shape index (κ2) is 7.80. The Morgan fingerprint density at radius 1 is 1.11 bits per heavy atom.